The zero-order valence-corrected chi connectivity index (χ0v) is 15.8. The molecule has 2 heterocycles. The van der Waals surface area contributed by atoms with Crippen LogP contribution in [0.4, 0.5) is 4.39 Å². The fraction of sp³-hybridized carbons (Fsp3) is 0.273. The van der Waals surface area contributed by atoms with Crippen LogP contribution in [0.5, 0.6) is 0 Å². The minimum Gasteiger partial charge on any atom is -0.350 e. The third kappa shape index (κ3) is 4.12. The zero-order chi connectivity index (χ0) is 19.5. The number of rotatable bonds is 4. The maximum atomic E-state index is 13.4. The van der Waals surface area contributed by atoms with Crippen LogP contribution in [0.3, 0.4) is 0 Å². The van der Waals surface area contributed by atoms with E-state index in [9.17, 15) is 9.18 Å². The van der Waals surface area contributed by atoms with Gasteiger partial charge in [0.05, 0.1) is 0 Å². The molecule has 1 aliphatic rings. The quantitative estimate of drug-likeness (QED) is 0.693. The molecule has 3 aromatic rings. The minimum atomic E-state index is -0.349. The van der Waals surface area contributed by atoms with Gasteiger partial charge >= 0.3 is 0 Å². The number of halogens is 1. The minimum absolute atomic E-state index is 0.176. The number of nitrogens with zero attached hydrogens (tertiary/aromatic N) is 3. The van der Waals surface area contributed by atoms with Gasteiger partial charge in [-0.3, -0.25) is 9.69 Å². The predicted octanol–water partition coefficient (Wildman–Crippen LogP) is 3.75. The molecule has 1 aliphatic heterocycles. The molecule has 144 valence electrons. The van der Waals surface area contributed by atoms with Gasteiger partial charge in [0.1, 0.15) is 11.5 Å². The second kappa shape index (κ2) is 7.94. The molecule has 1 amide bonds. The Hall–Kier alpha value is -2.99. The van der Waals surface area contributed by atoms with Gasteiger partial charge in [0.25, 0.3) is 5.91 Å². The smallest absolute Gasteiger partial charge is 0.292 e. The molecule has 1 aromatic heterocycles. The summed E-state index contributed by atoms with van der Waals surface area (Å²) in [4.78, 5) is 16.8. The van der Waals surface area contributed by atoms with Crippen molar-refractivity contribution < 1.29 is 13.7 Å². The van der Waals surface area contributed by atoms with E-state index in [0.717, 1.165) is 19.6 Å². The summed E-state index contributed by atoms with van der Waals surface area (Å²) in [6, 6.07) is 16.2. The van der Waals surface area contributed by atoms with Crippen LogP contribution in [0, 0.1) is 12.7 Å². The summed E-state index contributed by atoms with van der Waals surface area (Å²) >= 11 is 0. The van der Waals surface area contributed by atoms with Crippen molar-refractivity contribution in [3.05, 3.63) is 77.3 Å². The Balaban J connectivity index is 1.36. The second-order valence-electron chi connectivity index (χ2n) is 7.14. The Morgan fingerprint density at radius 3 is 2.61 bits per heavy atom. The maximum absolute atomic E-state index is 13.4. The summed E-state index contributed by atoms with van der Waals surface area (Å²) in [5.41, 5.74) is 3.59. The normalized spacial score (nSPS) is 15.0. The fourth-order valence-electron chi connectivity index (χ4n) is 3.49. The molecule has 0 spiro atoms. The Morgan fingerprint density at radius 2 is 1.86 bits per heavy atom. The molecule has 4 rings (SSSR count). The average molecular weight is 379 g/mol. The van der Waals surface area contributed by atoms with E-state index in [2.05, 4.69) is 41.2 Å². The van der Waals surface area contributed by atoms with E-state index in [1.807, 2.05) is 0 Å². The van der Waals surface area contributed by atoms with Crippen molar-refractivity contribution >= 4 is 5.91 Å². The van der Waals surface area contributed by atoms with Crippen molar-refractivity contribution in [2.75, 3.05) is 26.2 Å². The molecular weight excluding hydrogens is 357 g/mol. The van der Waals surface area contributed by atoms with E-state index in [1.165, 1.54) is 23.3 Å². The van der Waals surface area contributed by atoms with Gasteiger partial charge in [-0.1, -0.05) is 47.1 Å². The van der Waals surface area contributed by atoms with Crippen molar-refractivity contribution in [2.24, 2.45) is 0 Å². The molecule has 5 nitrogen and oxygen atoms in total. The number of carbonyl (C=O) groups is 1. The lowest BCUT2D eigenvalue weighted by molar-refractivity contribution is 0.0588. The van der Waals surface area contributed by atoms with E-state index in [-0.39, 0.29) is 17.5 Å². The van der Waals surface area contributed by atoms with Crippen LogP contribution in [-0.2, 0) is 6.54 Å². The summed E-state index contributed by atoms with van der Waals surface area (Å²) in [5, 5.41) is 3.92. The largest absolute Gasteiger partial charge is 0.350 e. The maximum Gasteiger partial charge on any atom is 0.292 e. The average Bonchev–Trinajstić information content (AvgIpc) is 3.18. The second-order valence-corrected chi connectivity index (χ2v) is 7.14. The van der Waals surface area contributed by atoms with Gasteiger partial charge in [0.15, 0.2) is 0 Å². The molecule has 28 heavy (non-hydrogen) atoms. The summed E-state index contributed by atoms with van der Waals surface area (Å²) in [6.45, 7) is 5.88. The fourth-order valence-corrected chi connectivity index (χ4v) is 3.49. The number of carbonyl (C=O) groups excluding carboxylic acids is 1. The molecule has 0 atom stereocenters. The van der Waals surface area contributed by atoms with Crippen LogP contribution in [0.2, 0.25) is 0 Å². The SMILES string of the molecule is Cc1cccc(CN2CCN(C(=O)c3cc(-c4cccc(F)c4)no3)CC2)c1. The van der Waals surface area contributed by atoms with Crippen molar-refractivity contribution in [3.63, 3.8) is 0 Å². The number of hydrogen-bond acceptors (Lipinski definition) is 4. The molecule has 1 fully saturated rings. The van der Waals surface area contributed by atoms with Gasteiger partial charge in [0, 0.05) is 44.4 Å². The van der Waals surface area contributed by atoms with Gasteiger partial charge in [0.2, 0.25) is 5.76 Å². The molecule has 0 aliphatic carbocycles. The number of hydrogen-bond donors (Lipinski definition) is 0. The third-order valence-electron chi connectivity index (χ3n) is 4.99. The highest BCUT2D eigenvalue weighted by Gasteiger charge is 2.25. The van der Waals surface area contributed by atoms with Gasteiger partial charge in [-0.25, -0.2) is 4.39 Å². The Morgan fingerprint density at radius 1 is 1.07 bits per heavy atom. The van der Waals surface area contributed by atoms with Crippen LogP contribution < -0.4 is 0 Å². The highest BCUT2D eigenvalue weighted by Crippen LogP contribution is 2.21. The first-order chi connectivity index (χ1) is 13.6. The summed E-state index contributed by atoms with van der Waals surface area (Å²) in [6.07, 6.45) is 0. The van der Waals surface area contributed by atoms with E-state index < -0.39 is 0 Å². The van der Waals surface area contributed by atoms with Crippen LogP contribution in [0.15, 0.2) is 59.1 Å². The summed E-state index contributed by atoms with van der Waals surface area (Å²) < 4.78 is 18.6. The van der Waals surface area contributed by atoms with Crippen molar-refractivity contribution in [2.45, 2.75) is 13.5 Å². The first-order valence-electron chi connectivity index (χ1n) is 9.38. The topological polar surface area (TPSA) is 49.6 Å². The molecule has 0 unspecified atom stereocenters. The van der Waals surface area contributed by atoms with Gasteiger partial charge in [-0.15, -0.1) is 0 Å². The molecule has 2 aromatic carbocycles. The highest BCUT2D eigenvalue weighted by atomic mass is 19.1. The first kappa shape index (κ1) is 18.4. The Bertz CT molecular complexity index is 977. The number of aromatic nitrogens is 1. The standard InChI is InChI=1S/C22H22FN3O2/c1-16-4-2-5-17(12-16)15-25-8-10-26(11-9-25)22(27)21-14-20(24-28-21)18-6-3-7-19(23)13-18/h2-7,12-14H,8-11,15H2,1H3. The predicted molar refractivity (Wildman–Crippen MR) is 104 cm³/mol. The van der Waals surface area contributed by atoms with Crippen molar-refractivity contribution in [1.29, 1.82) is 0 Å². The number of benzene rings is 2. The van der Waals surface area contributed by atoms with Crippen molar-refractivity contribution in [3.8, 4) is 11.3 Å². The lowest BCUT2D eigenvalue weighted by atomic mass is 10.1. The lowest BCUT2D eigenvalue weighted by Gasteiger charge is -2.34. The molecule has 1 saturated heterocycles. The van der Waals surface area contributed by atoms with Crippen LogP contribution >= 0.6 is 0 Å². The number of aryl methyl sites for hydroxylation is 1. The molecule has 6 heteroatoms. The number of piperazine rings is 1. The monoisotopic (exact) mass is 379 g/mol. The van der Waals surface area contributed by atoms with Crippen LogP contribution in [0.1, 0.15) is 21.7 Å². The van der Waals surface area contributed by atoms with Crippen molar-refractivity contribution in [1.82, 2.24) is 15.0 Å². The third-order valence-corrected chi connectivity index (χ3v) is 4.99. The molecule has 0 N–H and O–H groups in total. The van der Waals surface area contributed by atoms with E-state index in [4.69, 9.17) is 4.52 Å². The van der Waals surface area contributed by atoms with Crippen LogP contribution in [0.25, 0.3) is 11.3 Å². The molecular formula is C22H22FN3O2. The molecule has 0 saturated carbocycles. The Kier molecular flexibility index (Phi) is 5.21. The zero-order valence-electron chi connectivity index (χ0n) is 15.8. The van der Waals surface area contributed by atoms with Gasteiger partial charge in [-0.05, 0) is 24.6 Å². The molecule has 0 bridgehead atoms. The van der Waals surface area contributed by atoms with Gasteiger partial charge in [-0.2, -0.15) is 0 Å². The van der Waals surface area contributed by atoms with E-state index in [1.54, 1.807) is 23.1 Å². The Labute approximate surface area is 163 Å². The van der Waals surface area contributed by atoms with E-state index >= 15 is 0 Å². The van der Waals surface area contributed by atoms with E-state index in [0.29, 0.717) is 24.3 Å². The van der Waals surface area contributed by atoms with Crippen LogP contribution in [-0.4, -0.2) is 47.0 Å². The highest BCUT2D eigenvalue weighted by molar-refractivity contribution is 5.92. The lowest BCUT2D eigenvalue weighted by Crippen LogP contribution is -2.48. The molecule has 0 radical (unpaired) electrons. The number of amides is 1. The summed E-state index contributed by atoms with van der Waals surface area (Å²) in [5.74, 6) is -0.338. The first-order valence-corrected chi connectivity index (χ1v) is 9.38. The van der Waals surface area contributed by atoms with Gasteiger partial charge < -0.3 is 9.42 Å². The summed E-state index contributed by atoms with van der Waals surface area (Å²) in [7, 11) is 0.